The number of carboxylic acids is 1. The summed E-state index contributed by atoms with van der Waals surface area (Å²) in [5.41, 5.74) is 2.89. The zero-order valence-corrected chi connectivity index (χ0v) is 13.2. The molecule has 0 aromatic heterocycles. The van der Waals surface area contributed by atoms with Crippen molar-refractivity contribution in [1.82, 2.24) is 0 Å². The molecule has 1 aromatic carbocycles. The van der Waals surface area contributed by atoms with Crippen molar-refractivity contribution >= 4 is 15.7 Å². The van der Waals surface area contributed by atoms with Crippen molar-refractivity contribution in [2.75, 3.05) is 0 Å². The molecule has 0 atom stereocenters. The van der Waals surface area contributed by atoms with Crippen LogP contribution in [-0.2, 0) is 11.2 Å². The molecule has 0 fully saturated rings. The van der Waals surface area contributed by atoms with Gasteiger partial charge in [-0.2, -0.15) is 0 Å². The number of benzene rings is 1. The first kappa shape index (κ1) is 14.8. The second kappa shape index (κ2) is 5.57. The summed E-state index contributed by atoms with van der Waals surface area (Å²) < 4.78 is 6.00. The Labute approximate surface area is 111 Å². The van der Waals surface area contributed by atoms with Crippen molar-refractivity contribution in [3.8, 4) is 5.75 Å². The van der Waals surface area contributed by atoms with Gasteiger partial charge in [-0.25, -0.2) is 0 Å². The van der Waals surface area contributed by atoms with Crippen LogP contribution in [-0.4, -0.2) is 20.8 Å². The number of rotatable bonds is 4. The van der Waals surface area contributed by atoms with E-state index >= 15 is 0 Å². The quantitative estimate of drug-likeness (QED) is 0.852. The largest absolute Gasteiger partial charge is 0.548 e. The van der Waals surface area contributed by atoms with Crippen LogP contribution in [0.4, 0.5) is 0 Å². The molecule has 0 aliphatic heterocycles. The number of hydrogen-bond donors (Lipinski definition) is 1. The number of aliphatic carboxylic acids is 1. The van der Waals surface area contributed by atoms with E-state index in [2.05, 4.69) is 20.8 Å². The lowest BCUT2D eigenvalue weighted by Gasteiger charge is -2.21. The zero-order chi connectivity index (χ0) is 13.9. The Kier molecular flexibility index (Phi) is 4.57. The Morgan fingerprint density at radius 1 is 1.33 bits per heavy atom. The van der Waals surface area contributed by atoms with Crippen LogP contribution in [0.2, 0.25) is 5.04 Å². The first-order chi connectivity index (χ1) is 8.20. The summed E-state index contributed by atoms with van der Waals surface area (Å²) in [6.07, 6.45) is 0.0551. The van der Waals surface area contributed by atoms with Gasteiger partial charge in [0.15, 0.2) is 0 Å². The first-order valence-corrected chi connectivity index (χ1v) is 7.43. The molecule has 1 aromatic rings. The van der Waals surface area contributed by atoms with Crippen molar-refractivity contribution in [2.45, 2.75) is 46.1 Å². The van der Waals surface area contributed by atoms with Crippen LogP contribution in [0.15, 0.2) is 12.1 Å². The van der Waals surface area contributed by atoms with Gasteiger partial charge in [-0.1, -0.05) is 32.9 Å². The third-order valence-electron chi connectivity index (χ3n) is 2.71. The lowest BCUT2D eigenvalue weighted by Crippen LogP contribution is -2.17. The summed E-state index contributed by atoms with van der Waals surface area (Å²) >= 11 is 0. The smallest absolute Gasteiger partial charge is 0.307 e. The van der Waals surface area contributed by atoms with Crippen molar-refractivity contribution in [2.24, 2.45) is 0 Å². The van der Waals surface area contributed by atoms with Gasteiger partial charge in [0.2, 0.25) is 9.76 Å². The second-order valence-electron chi connectivity index (χ2n) is 5.92. The molecule has 0 aliphatic rings. The van der Waals surface area contributed by atoms with Crippen molar-refractivity contribution in [3.05, 3.63) is 28.8 Å². The molecule has 0 radical (unpaired) electrons. The van der Waals surface area contributed by atoms with E-state index in [1.165, 1.54) is 0 Å². The Bertz CT molecular complexity index is 447. The maximum absolute atomic E-state index is 10.8. The van der Waals surface area contributed by atoms with E-state index in [9.17, 15) is 4.79 Å². The number of carbonyl (C=O) groups is 1. The summed E-state index contributed by atoms with van der Waals surface area (Å²) in [7, 11) is -0.682. The molecular weight excluding hydrogens is 244 g/mol. The molecular formula is C14H22O3Si. The van der Waals surface area contributed by atoms with Crippen molar-refractivity contribution in [1.29, 1.82) is 0 Å². The molecule has 0 amide bonds. The fourth-order valence-electron chi connectivity index (χ4n) is 1.73. The van der Waals surface area contributed by atoms with E-state index in [0.29, 0.717) is 0 Å². The SMILES string of the molecule is Cc1ccc(CC(=O)O)c(C)c1O[SiH2]C(C)(C)C. The molecule has 0 aliphatic carbocycles. The van der Waals surface area contributed by atoms with E-state index in [-0.39, 0.29) is 11.5 Å². The standard InChI is InChI=1S/C14H22O3Si/c1-9-6-7-11(8-12(15)16)10(2)13(9)17-18-14(3,4)5/h6-7H,8,18H2,1-5H3,(H,15,16). The van der Waals surface area contributed by atoms with E-state index in [1.807, 2.05) is 26.0 Å². The highest BCUT2D eigenvalue weighted by Gasteiger charge is 2.16. The van der Waals surface area contributed by atoms with Crippen molar-refractivity contribution < 1.29 is 14.3 Å². The van der Waals surface area contributed by atoms with E-state index in [4.69, 9.17) is 9.53 Å². The van der Waals surface area contributed by atoms with Crippen LogP contribution >= 0.6 is 0 Å². The molecule has 0 unspecified atom stereocenters. The fourth-order valence-corrected chi connectivity index (χ4v) is 2.75. The maximum atomic E-state index is 10.8. The van der Waals surface area contributed by atoms with Crippen LogP contribution in [0.5, 0.6) is 5.75 Å². The summed E-state index contributed by atoms with van der Waals surface area (Å²) in [6.45, 7) is 10.5. The average Bonchev–Trinajstić information content (AvgIpc) is 2.20. The minimum atomic E-state index is -0.805. The van der Waals surface area contributed by atoms with Crippen LogP contribution in [0.25, 0.3) is 0 Å². The van der Waals surface area contributed by atoms with E-state index in [1.54, 1.807) is 0 Å². The molecule has 0 heterocycles. The monoisotopic (exact) mass is 266 g/mol. The second-order valence-corrected chi connectivity index (χ2v) is 8.61. The molecule has 0 bridgehead atoms. The third-order valence-corrected chi connectivity index (χ3v) is 4.01. The minimum absolute atomic E-state index is 0.0551. The highest BCUT2D eigenvalue weighted by atomic mass is 28.2. The molecule has 1 rings (SSSR count). The van der Waals surface area contributed by atoms with Gasteiger partial charge in [-0.05, 0) is 35.6 Å². The first-order valence-electron chi connectivity index (χ1n) is 6.14. The number of aryl methyl sites for hydroxylation is 1. The van der Waals surface area contributed by atoms with E-state index in [0.717, 1.165) is 22.4 Å². The molecule has 0 saturated heterocycles. The van der Waals surface area contributed by atoms with Gasteiger partial charge in [0.25, 0.3) is 0 Å². The highest BCUT2D eigenvalue weighted by Crippen LogP contribution is 2.29. The number of carboxylic acid groups (broad SMARTS) is 1. The molecule has 18 heavy (non-hydrogen) atoms. The normalized spacial score (nSPS) is 12.1. The topological polar surface area (TPSA) is 46.5 Å². The Balaban J connectivity index is 2.99. The molecule has 0 spiro atoms. The summed E-state index contributed by atoms with van der Waals surface area (Å²) in [5.74, 6) is 0.0799. The van der Waals surface area contributed by atoms with Gasteiger partial charge in [0.1, 0.15) is 5.75 Å². The molecule has 100 valence electrons. The van der Waals surface area contributed by atoms with Gasteiger partial charge in [0, 0.05) is 0 Å². The summed E-state index contributed by atoms with van der Waals surface area (Å²) in [5, 5.41) is 9.10. The Hall–Kier alpha value is -1.29. The van der Waals surface area contributed by atoms with Crippen molar-refractivity contribution in [3.63, 3.8) is 0 Å². The van der Waals surface area contributed by atoms with Crippen LogP contribution in [0.3, 0.4) is 0 Å². The molecule has 0 saturated carbocycles. The molecule has 4 heteroatoms. The highest BCUT2D eigenvalue weighted by molar-refractivity contribution is 6.32. The summed E-state index contributed by atoms with van der Waals surface area (Å²) in [4.78, 5) is 10.8. The number of hydrogen-bond acceptors (Lipinski definition) is 2. The van der Waals surface area contributed by atoms with Crippen LogP contribution in [0.1, 0.15) is 37.5 Å². The maximum Gasteiger partial charge on any atom is 0.307 e. The van der Waals surface area contributed by atoms with Gasteiger partial charge in [-0.3, -0.25) is 4.79 Å². The predicted molar refractivity (Wildman–Crippen MR) is 76.1 cm³/mol. The van der Waals surface area contributed by atoms with Gasteiger partial charge in [0.05, 0.1) is 6.42 Å². The minimum Gasteiger partial charge on any atom is -0.548 e. The Morgan fingerprint density at radius 2 is 1.94 bits per heavy atom. The third kappa shape index (κ3) is 4.18. The van der Waals surface area contributed by atoms with Crippen LogP contribution in [0, 0.1) is 13.8 Å². The van der Waals surface area contributed by atoms with Gasteiger partial charge >= 0.3 is 5.97 Å². The lowest BCUT2D eigenvalue weighted by atomic mass is 10.0. The Morgan fingerprint density at radius 3 is 2.44 bits per heavy atom. The summed E-state index contributed by atoms with van der Waals surface area (Å²) in [6, 6.07) is 3.82. The molecule has 1 N–H and O–H groups in total. The zero-order valence-electron chi connectivity index (χ0n) is 11.8. The molecule has 3 nitrogen and oxygen atoms in total. The van der Waals surface area contributed by atoms with Crippen LogP contribution < -0.4 is 4.43 Å². The fraction of sp³-hybridized carbons (Fsp3) is 0.500. The average molecular weight is 266 g/mol. The van der Waals surface area contributed by atoms with Gasteiger partial charge in [-0.15, -0.1) is 0 Å². The predicted octanol–water partition coefficient (Wildman–Crippen LogP) is 2.61. The van der Waals surface area contributed by atoms with Gasteiger partial charge < -0.3 is 9.53 Å². The lowest BCUT2D eigenvalue weighted by molar-refractivity contribution is -0.136. The van der Waals surface area contributed by atoms with E-state index < -0.39 is 15.7 Å².